The van der Waals surface area contributed by atoms with E-state index in [-0.39, 0.29) is 0 Å². The highest BCUT2D eigenvalue weighted by Gasteiger charge is 2.24. The van der Waals surface area contributed by atoms with Gasteiger partial charge >= 0.3 is 0 Å². The molecule has 1 heterocycles. The molecular formula is C23H23N3. The predicted molar refractivity (Wildman–Crippen MR) is 105 cm³/mol. The fourth-order valence-electron chi connectivity index (χ4n) is 3.19. The largest absolute Gasteiger partial charge is 0.289 e. The molecule has 3 aromatic carbocycles. The summed E-state index contributed by atoms with van der Waals surface area (Å²) in [6.45, 7) is 2.55. The van der Waals surface area contributed by atoms with E-state index in [1.807, 2.05) is 0 Å². The second kappa shape index (κ2) is 7.89. The first kappa shape index (κ1) is 16.4. The Bertz CT molecular complexity index is 780. The second-order valence-corrected chi connectivity index (χ2v) is 6.48. The van der Waals surface area contributed by atoms with Crippen molar-refractivity contribution in [3.05, 3.63) is 120 Å². The minimum Gasteiger partial charge on any atom is -0.289 e. The minimum absolute atomic E-state index is 0.841. The van der Waals surface area contributed by atoms with Crippen LogP contribution in [0.25, 0.3) is 0 Å². The molecule has 26 heavy (non-hydrogen) atoms. The zero-order chi connectivity index (χ0) is 17.6. The fourth-order valence-corrected chi connectivity index (χ4v) is 3.19. The van der Waals surface area contributed by atoms with Gasteiger partial charge < -0.3 is 0 Å². The Hall–Kier alpha value is -3.04. The van der Waals surface area contributed by atoms with Crippen LogP contribution in [0.5, 0.6) is 0 Å². The standard InChI is InChI=1S/C23H23N3/c1-4-10-21(11-5-1)18-24-16-17-25(19-22-12-6-2-7-13-22)26(24)20-23-14-8-3-9-15-23/h1-17H,18-20H2. The van der Waals surface area contributed by atoms with Crippen LogP contribution in [0.3, 0.4) is 0 Å². The van der Waals surface area contributed by atoms with E-state index in [0.29, 0.717) is 0 Å². The maximum absolute atomic E-state index is 2.31. The highest BCUT2D eigenvalue weighted by molar-refractivity contribution is 5.18. The molecule has 0 aliphatic carbocycles. The molecule has 3 heteroatoms. The quantitative estimate of drug-likeness (QED) is 0.637. The third-order valence-corrected chi connectivity index (χ3v) is 4.55. The summed E-state index contributed by atoms with van der Waals surface area (Å²) in [5.74, 6) is 0. The first-order valence-corrected chi connectivity index (χ1v) is 8.99. The second-order valence-electron chi connectivity index (χ2n) is 6.48. The molecule has 0 spiro atoms. The van der Waals surface area contributed by atoms with E-state index in [9.17, 15) is 0 Å². The van der Waals surface area contributed by atoms with Crippen LogP contribution in [-0.2, 0) is 19.6 Å². The molecule has 3 nitrogen and oxygen atoms in total. The van der Waals surface area contributed by atoms with Gasteiger partial charge in [-0.25, -0.2) is 0 Å². The Labute approximate surface area is 155 Å². The van der Waals surface area contributed by atoms with E-state index in [1.165, 1.54) is 16.7 Å². The molecule has 0 radical (unpaired) electrons. The third kappa shape index (κ3) is 3.95. The van der Waals surface area contributed by atoms with Gasteiger partial charge in [0.2, 0.25) is 0 Å². The van der Waals surface area contributed by atoms with Gasteiger partial charge in [-0.15, -0.1) is 5.12 Å². The lowest BCUT2D eigenvalue weighted by atomic mass is 10.2. The van der Waals surface area contributed by atoms with Crippen LogP contribution in [-0.4, -0.2) is 15.1 Å². The average molecular weight is 341 g/mol. The van der Waals surface area contributed by atoms with Gasteiger partial charge in [-0.1, -0.05) is 91.0 Å². The third-order valence-electron chi connectivity index (χ3n) is 4.55. The molecule has 0 saturated carbocycles. The van der Waals surface area contributed by atoms with E-state index in [0.717, 1.165) is 19.6 Å². The number of hydrogen-bond acceptors (Lipinski definition) is 3. The molecule has 0 N–H and O–H groups in total. The molecule has 0 atom stereocenters. The molecule has 0 saturated heterocycles. The van der Waals surface area contributed by atoms with E-state index >= 15 is 0 Å². The highest BCUT2D eigenvalue weighted by Crippen LogP contribution is 2.22. The summed E-state index contributed by atoms with van der Waals surface area (Å²) >= 11 is 0. The van der Waals surface area contributed by atoms with Crippen LogP contribution < -0.4 is 0 Å². The zero-order valence-electron chi connectivity index (χ0n) is 14.8. The van der Waals surface area contributed by atoms with Crippen molar-refractivity contribution >= 4 is 0 Å². The van der Waals surface area contributed by atoms with Crippen molar-refractivity contribution in [1.82, 2.24) is 15.1 Å². The van der Waals surface area contributed by atoms with Crippen LogP contribution in [0.15, 0.2) is 103 Å². The van der Waals surface area contributed by atoms with Crippen LogP contribution in [0.4, 0.5) is 0 Å². The summed E-state index contributed by atoms with van der Waals surface area (Å²) in [6, 6.07) is 31.8. The molecule has 1 aliphatic rings. The number of hydrogen-bond donors (Lipinski definition) is 0. The fraction of sp³-hybridized carbons (Fsp3) is 0.130. The Morgan fingerprint density at radius 2 is 0.769 bits per heavy atom. The van der Waals surface area contributed by atoms with Gasteiger partial charge in [0.25, 0.3) is 0 Å². The molecule has 0 unspecified atom stereocenters. The van der Waals surface area contributed by atoms with Gasteiger partial charge in [-0.05, 0) is 16.7 Å². The summed E-state index contributed by atoms with van der Waals surface area (Å²) < 4.78 is 0. The van der Waals surface area contributed by atoms with Crippen molar-refractivity contribution in [3.63, 3.8) is 0 Å². The van der Waals surface area contributed by atoms with Crippen LogP contribution >= 0.6 is 0 Å². The van der Waals surface area contributed by atoms with Crippen molar-refractivity contribution in [2.24, 2.45) is 0 Å². The van der Waals surface area contributed by atoms with Gasteiger partial charge in [0, 0.05) is 12.4 Å². The van der Waals surface area contributed by atoms with Gasteiger partial charge in [0.1, 0.15) is 0 Å². The molecule has 0 fully saturated rings. The van der Waals surface area contributed by atoms with Gasteiger partial charge in [0.15, 0.2) is 0 Å². The van der Waals surface area contributed by atoms with Crippen molar-refractivity contribution in [2.75, 3.05) is 0 Å². The Morgan fingerprint density at radius 1 is 0.423 bits per heavy atom. The first-order valence-electron chi connectivity index (χ1n) is 8.99. The Balaban J connectivity index is 1.54. The lowest BCUT2D eigenvalue weighted by Crippen LogP contribution is -2.43. The molecular weight excluding hydrogens is 318 g/mol. The molecule has 0 bridgehead atoms. The predicted octanol–water partition coefficient (Wildman–Crippen LogP) is 4.81. The lowest BCUT2D eigenvalue weighted by molar-refractivity contribution is -0.127. The summed E-state index contributed by atoms with van der Waals surface area (Å²) in [5, 5.41) is 6.88. The van der Waals surface area contributed by atoms with E-state index in [2.05, 4.69) is 119 Å². The van der Waals surface area contributed by atoms with E-state index < -0.39 is 0 Å². The molecule has 4 rings (SSSR count). The summed E-state index contributed by atoms with van der Waals surface area (Å²) in [5.41, 5.74) is 3.90. The minimum atomic E-state index is 0.841. The van der Waals surface area contributed by atoms with Gasteiger partial charge in [0.05, 0.1) is 19.6 Å². The van der Waals surface area contributed by atoms with E-state index in [4.69, 9.17) is 0 Å². The van der Waals surface area contributed by atoms with Crippen LogP contribution in [0, 0.1) is 0 Å². The number of hydrazine groups is 2. The maximum Gasteiger partial charge on any atom is 0.0643 e. The van der Waals surface area contributed by atoms with Gasteiger partial charge in [-0.3, -0.25) is 10.0 Å². The summed E-state index contributed by atoms with van der Waals surface area (Å²) in [7, 11) is 0. The lowest BCUT2D eigenvalue weighted by Gasteiger charge is -2.36. The number of benzene rings is 3. The van der Waals surface area contributed by atoms with Crippen molar-refractivity contribution in [3.8, 4) is 0 Å². The summed E-state index contributed by atoms with van der Waals surface area (Å²) in [4.78, 5) is 0. The molecule has 130 valence electrons. The van der Waals surface area contributed by atoms with Crippen molar-refractivity contribution in [1.29, 1.82) is 0 Å². The maximum atomic E-state index is 2.31. The van der Waals surface area contributed by atoms with Gasteiger partial charge in [-0.2, -0.15) is 0 Å². The van der Waals surface area contributed by atoms with Crippen molar-refractivity contribution < 1.29 is 0 Å². The molecule has 0 amide bonds. The zero-order valence-corrected chi connectivity index (χ0v) is 14.8. The smallest absolute Gasteiger partial charge is 0.0643 e. The topological polar surface area (TPSA) is 9.72 Å². The molecule has 1 aliphatic heterocycles. The van der Waals surface area contributed by atoms with Crippen LogP contribution in [0.2, 0.25) is 0 Å². The van der Waals surface area contributed by atoms with Crippen molar-refractivity contribution in [2.45, 2.75) is 19.6 Å². The Kier molecular flexibility index (Phi) is 4.99. The highest BCUT2D eigenvalue weighted by atomic mass is 15.9. The monoisotopic (exact) mass is 341 g/mol. The summed E-state index contributed by atoms with van der Waals surface area (Å²) in [6.07, 6.45) is 4.33. The molecule has 0 aromatic heterocycles. The average Bonchev–Trinajstić information content (AvgIpc) is 3.05. The molecule has 3 aromatic rings. The number of rotatable bonds is 6. The normalized spacial score (nSPS) is 14.2. The SMILES string of the molecule is C1=CN(Cc2ccccc2)N(Cc2ccccc2)N1Cc1ccccc1. The number of nitrogens with zero attached hydrogens (tertiary/aromatic N) is 3. The van der Waals surface area contributed by atoms with Crippen LogP contribution in [0.1, 0.15) is 16.7 Å². The Morgan fingerprint density at radius 3 is 1.15 bits per heavy atom. The van der Waals surface area contributed by atoms with E-state index in [1.54, 1.807) is 0 Å². The first-order chi connectivity index (χ1) is 12.9.